The minimum absolute atomic E-state index is 0.247. The zero-order chi connectivity index (χ0) is 18.4. The van der Waals surface area contributed by atoms with E-state index >= 15 is 0 Å². The number of rotatable bonds is 6. The molecule has 0 radical (unpaired) electrons. The molecule has 0 fully saturated rings. The van der Waals surface area contributed by atoms with Gasteiger partial charge in [0.15, 0.2) is 5.82 Å². The highest BCUT2D eigenvalue weighted by Gasteiger charge is 2.11. The van der Waals surface area contributed by atoms with Gasteiger partial charge in [-0.15, -0.1) is 10.2 Å². The molecule has 0 saturated heterocycles. The van der Waals surface area contributed by atoms with Gasteiger partial charge in [0.1, 0.15) is 6.33 Å². The van der Waals surface area contributed by atoms with Crippen LogP contribution in [-0.4, -0.2) is 20.8 Å². The molecule has 134 valence electrons. The monoisotopic (exact) mass is 349 g/mol. The van der Waals surface area contributed by atoms with E-state index in [4.69, 9.17) is 0 Å². The number of carbonyl (C=O) groups excluding carboxylic acids is 1. The smallest absolute Gasteiger partial charge is 0.319 e. The van der Waals surface area contributed by atoms with Gasteiger partial charge in [-0.05, 0) is 36.1 Å². The Balaban J connectivity index is 1.69. The summed E-state index contributed by atoms with van der Waals surface area (Å²) in [5.74, 6) is 0.672. The summed E-state index contributed by atoms with van der Waals surface area (Å²) in [5, 5.41) is 13.9. The highest BCUT2D eigenvalue weighted by molar-refractivity contribution is 5.91. The first kappa shape index (κ1) is 17.7. The highest BCUT2D eigenvalue weighted by atomic mass is 16.2. The van der Waals surface area contributed by atoms with Crippen LogP contribution < -0.4 is 10.6 Å². The van der Waals surface area contributed by atoms with Crippen molar-refractivity contribution in [2.75, 3.05) is 5.32 Å². The average molecular weight is 349 g/mol. The number of nitrogens with zero attached hydrogens (tertiary/aromatic N) is 3. The Bertz CT molecular complexity index is 851. The fourth-order valence-corrected chi connectivity index (χ4v) is 2.90. The minimum Gasteiger partial charge on any atom is -0.331 e. The molecule has 26 heavy (non-hydrogen) atoms. The molecule has 3 rings (SSSR count). The van der Waals surface area contributed by atoms with E-state index in [1.54, 1.807) is 6.33 Å². The van der Waals surface area contributed by atoms with Crippen LogP contribution in [-0.2, 0) is 19.4 Å². The molecule has 2 amide bonds. The van der Waals surface area contributed by atoms with E-state index in [0.717, 1.165) is 35.3 Å². The molecule has 0 aliphatic carbocycles. The van der Waals surface area contributed by atoms with Crippen LogP contribution in [0.3, 0.4) is 0 Å². The van der Waals surface area contributed by atoms with Crippen molar-refractivity contribution in [3.05, 3.63) is 71.8 Å². The second kappa shape index (κ2) is 8.29. The first-order valence-electron chi connectivity index (χ1n) is 8.82. The first-order valence-corrected chi connectivity index (χ1v) is 8.82. The number of urea groups is 1. The van der Waals surface area contributed by atoms with E-state index in [-0.39, 0.29) is 12.6 Å². The molecule has 0 aliphatic rings. The Morgan fingerprint density at radius 3 is 2.35 bits per heavy atom. The third-order valence-corrected chi connectivity index (χ3v) is 4.30. The van der Waals surface area contributed by atoms with Crippen molar-refractivity contribution < 1.29 is 4.79 Å². The molecule has 0 atom stereocenters. The molecule has 1 aromatic heterocycles. The SMILES string of the molecule is CCc1cccc(CC)c1NC(=O)NCc1nncn1-c1ccccc1. The lowest BCUT2D eigenvalue weighted by Crippen LogP contribution is -2.30. The number of hydrogen-bond donors (Lipinski definition) is 2. The Labute approximate surface area is 153 Å². The van der Waals surface area contributed by atoms with Gasteiger partial charge in [-0.25, -0.2) is 4.79 Å². The molecule has 3 aromatic rings. The largest absolute Gasteiger partial charge is 0.331 e. The highest BCUT2D eigenvalue weighted by Crippen LogP contribution is 2.22. The molecule has 6 heteroatoms. The molecular formula is C20H23N5O. The van der Waals surface area contributed by atoms with Gasteiger partial charge in [0.2, 0.25) is 0 Å². The molecule has 6 nitrogen and oxygen atoms in total. The normalized spacial score (nSPS) is 10.5. The lowest BCUT2D eigenvalue weighted by molar-refractivity contribution is 0.251. The maximum atomic E-state index is 12.4. The Hall–Kier alpha value is -3.15. The third-order valence-electron chi connectivity index (χ3n) is 4.30. The number of carbonyl (C=O) groups is 1. The second-order valence-corrected chi connectivity index (χ2v) is 5.92. The summed E-state index contributed by atoms with van der Waals surface area (Å²) in [6.07, 6.45) is 3.38. The number of para-hydroxylation sites is 2. The number of aryl methyl sites for hydroxylation is 2. The standard InChI is InChI=1S/C20H23N5O/c1-3-15-9-8-10-16(4-2)19(15)23-20(26)21-13-18-24-22-14-25(18)17-11-6-5-7-12-17/h5-12,14H,3-4,13H2,1-2H3,(H2,21,23,26). The Morgan fingerprint density at radius 1 is 1.00 bits per heavy atom. The predicted molar refractivity (Wildman–Crippen MR) is 102 cm³/mol. The van der Waals surface area contributed by atoms with Gasteiger partial charge in [-0.1, -0.05) is 50.2 Å². The molecule has 0 unspecified atom stereocenters. The van der Waals surface area contributed by atoms with Crippen molar-refractivity contribution >= 4 is 11.7 Å². The summed E-state index contributed by atoms with van der Waals surface area (Å²) in [6.45, 7) is 4.46. The topological polar surface area (TPSA) is 71.8 Å². The predicted octanol–water partition coefficient (Wildman–Crippen LogP) is 3.71. The molecular weight excluding hydrogens is 326 g/mol. The summed E-state index contributed by atoms with van der Waals surface area (Å²) in [7, 11) is 0. The zero-order valence-corrected chi connectivity index (χ0v) is 15.1. The van der Waals surface area contributed by atoms with E-state index < -0.39 is 0 Å². The van der Waals surface area contributed by atoms with Crippen molar-refractivity contribution in [1.29, 1.82) is 0 Å². The zero-order valence-electron chi connectivity index (χ0n) is 15.1. The number of hydrogen-bond acceptors (Lipinski definition) is 3. The van der Waals surface area contributed by atoms with Crippen LogP contribution in [0.25, 0.3) is 5.69 Å². The van der Waals surface area contributed by atoms with Gasteiger partial charge >= 0.3 is 6.03 Å². The fraction of sp³-hybridized carbons (Fsp3) is 0.250. The van der Waals surface area contributed by atoms with Crippen LogP contribution >= 0.6 is 0 Å². The average Bonchev–Trinajstić information content (AvgIpc) is 3.16. The minimum atomic E-state index is -0.247. The quantitative estimate of drug-likeness (QED) is 0.712. The van der Waals surface area contributed by atoms with Crippen molar-refractivity contribution in [2.24, 2.45) is 0 Å². The van der Waals surface area contributed by atoms with Crippen LogP contribution in [0.4, 0.5) is 10.5 Å². The van der Waals surface area contributed by atoms with Crippen LogP contribution in [0.2, 0.25) is 0 Å². The van der Waals surface area contributed by atoms with Crippen molar-refractivity contribution in [3.63, 3.8) is 0 Å². The summed E-state index contributed by atoms with van der Waals surface area (Å²) in [6, 6.07) is 15.7. The van der Waals surface area contributed by atoms with Gasteiger partial charge in [0.25, 0.3) is 0 Å². The number of benzene rings is 2. The summed E-state index contributed by atoms with van der Waals surface area (Å²) < 4.78 is 1.86. The Morgan fingerprint density at radius 2 is 1.69 bits per heavy atom. The molecule has 0 spiro atoms. The number of anilines is 1. The summed E-state index contributed by atoms with van der Waals surface area (Å²) in [5.41, 5.74) is 4.12. The lowest BCUT2D eigenvalue weighted by Gasteiger charge is -2.15. The molecule has 1 heterocycles. The van der Waals surface area contributed by atoms with Crippen molar-refractivity contribution in [2.45, 2.75) is 33.2 Å². The van der Waals surface area contributed by atoms with E-state index in [2.05, 4.69) is 34.7 Å². The lowest BCUT2D eigenvalue weighted by atomic mass is 10.0. The molecule has 2 N–H and O–H groups in total. The van der Waals surface area contributed by atoms with E-state index in [0.29, 0.717) is 5.82 Å². The van der Waals surface area contributed by atoms with E-state index in [9.17, 15) is 4.79 Å². The molecule has 2 aromatic carbocycles. The summed E-state index contributed by atoms with van der Waals surface area (Å²) >= 11 is 0. The van der Waals surface area contributed by atoms with Gasteiger partial charge < -0.3 is 10.6 Å². The number of aromatic nitrogens is 3. The first-order chi connectivity index (χ1) is 12.7. The van der Waals surface area contributed by atoms with Crippen LogP contribution in [0.5, 0.6) is 0 Å². The van der Waals surface area contributed by atoms with Crippen LogP contribution in [0.1, 0.15) is 30.8 Å². The van der Waals surface area contributed by atoms with Gasteiger partial charge in [-0.3, -0.25) is 4.57 Å². The number of nitrogens with one attached hydrogen (secondary N) is 2. The molecule has 0 aliphatic heterocycles. The molecule has 0 bridgehead atoms. The number of amides is 2. The second-order valence-electron chi connectivity index (χ2n) is 5.92. The molecule has 0 saturated carbocycles. The maximum absolute atomic E-state index is 12.4. The van der Waals surface area contributed by atoms with Crippen molar-refractivity contribution in [3.8, 4) is 5.69 Å². The van der Waals surface area contributed by atoms with Gasteiger partial charge in [-0.2, -0.15) is 0 Å². The van der Waals surface area contributed by atoms with Crippen molar-refractivity contribution in [1.82, 2.24) is 20.1 Å². The summed E-state index contributed by atoms with van der Waals surface area (Å²) in [4.78, 5) is 12.4. The van der Waals surface area contributed by atoms with Gasteiger partial charge in [0.05, 0.1) is 6.54 Å². The third kappa shape index (κ3) is 3.91. The van der Waals surface area contributed by atoms with Crippen LogP contribution in [0, 0.1) is 0 Å². The fourth-order valence-electron chi connectivity index (χ4n) is 2.90. The van der Waals surface area contributed by atoms with Crippen LogP contribution in [0.15, 0.2) is 54.9 Å². The Kier molecular flexibility index (Phi) is 5.63. The van der Waals surface area contributed by atoms with E-state index in [1.165, 1.54) is 0 Å². The maximum Gasteiger partial charge on any atom is 0.319 e. The van der Waals surface area contributed by atoms with E-state index in [1.807, 2.05) is 53.1 Å². The van der Waals surface area contributed by atoms with Gasteiger partial charge in [0, 0.05) is 11.4 Å².